The third kappa shape index (κ3) is 3.06. The van der Waals surface area contributed by atoms with Gasteiger partial charge < -0.3 is 15.2 Å². The molecule has 20 heavy (non-hydrogen) atoms. The van der Waals surface area contributed by atoms with Gasteiger partial charge in [0.05, 0.1) is 12.7 Å². The number of esters is 1. The van der Waals surface area contributed by atoms with Gasteiger partial charge in [0.2, 0.25) is 0 Å². The van der Waals surface area contributed by atoms with E-state index in [1.165, 1.54) is 26.4 Å². The molecular weight excluding hydrogens is 254 g/mol. The Labute approximate surface area is 120 Å². The second-order valence-electron chi connectivity index (χ2n) is 5.61. The highest BCUT2D eigenvalue weighted by molar-refractivity contribution is 5.96. The zero-order chi connectivity index (χ0) is 14.7. The molecule has 1 aliphatic rings. The molecule has 0 spiro atoms. The van der Waals surface area contributed by atoms with E-state index in [-0.39, 0.29) is 6.10 Å². The van der Waals surface area contributed by atoms with Gasteiger partial charge in [-0.25, -0.2) is 4.79 Å². The molecule has 4 nitrogen and oxygen atoms in total. The minimum Gasteiger partial charge on any atom is -0.490 e. The lowest BCUT2D eigenvalue weighted by atomic mass is 9.88. The van der Waals surface area contributed by atoms with Crippen molar-refractivity contribution in [2.24, 2.45) is 5.92 Å². The summed E-state index contributed by atoms with van der Waals surface area (Å²) in [6.07, 6.45) is 4.96. The summed E-state index contributed by atoms with van der Waals surface area (Å²) < 4.78 is 10.8. The minimum atomic E-state index is -0.423. The van der Waals surface area contributed by atoms with Gasteiger partial charge in [-0.2, -0.15) is 0 Å². The summed E-state index contributed by atoms with van der Waals surface area (Å²) in [5.41, 5.74) is 7.61. The van der Waals surface area contributed by atoms with Gasteiger partial charge in [0.1, 0.15) is 11.9 Å². The Hall–Kier alpha value is -1.71. The first-order valence-corrected chi connectivity index (χ1v) is 7.18. The molecule has 0 heterocycles. The summed E-state index contributed by atoms with van der Waals surface area (Å²) in [6, 6.07) is 3.58. The largest absolute Gasteiger partial charge is 0.490 e. The first kappa shape index (κ1) is 14.7. The highest BCUT2D eigenvalue weighted by Crippen LogP contribution is 2.31. The fourth-order valence-corrected chi connectivity index (χ4v) is 2.74. The van der Waals surface area contributed by atoms with Gasteiger partial charge in [-0.1, -0.05) is 13.3 Å². The number of anilines is 1. The van der Waals surface area contributed by atoms with Crippen molar-refractivity contribution >= 4 is 11.7 Å². The lowest BCUT2D eigenvalue weighted by Crippen LogP contribution is -2.28. The van der Waals surface area contributed by atoms with Crippen LogP contribution in [0.3, 0.4) is 0 Å². The van der Waals surface area contributed by atoms with Gasteiger partial charge in [0, 0.05) is 5.69 Å². The molecule has 2 atom stereocenters. The van der Waals surface area contributed by atoms with Crippen LogP contribution in [-0.4, -0.2) is 19.2 Å². The molecule has 1 aromatic rings. The molecule has 2 unspecified atom stereocenters. The van der Waals surface area contributed by atoms with Crippen LogP contribution in [0.2, 0.25) is 0 Å². The molecule has 0 bridgehead atoms. The van der Waals surface area contributed by atoms with Crippen LogP contribution in [0.4, 0.5) is 5.69 Å². The maximum Gasteiger partial charge on any atom is 0.340 e. The number of benzene rings is 1. The summed E-state index contributed by atoms with van der Waals surface area (Å²) in [5, 5.41) is 0. The molecule has 0 radical (unpaired) electrons. The number of rotatable bonds is 3. The van der Waals surface area contributed by atoms with Crippen LogP contribution >= 0.6 is 0 Å². The molecule has 1 fully saturated rings. The number of methoxy groups -OCH3 is 1. The number of carbonyl (C=O) groups is 1. The van der Waals surface area contributed by atoms with Crippen molar-refractivity contribution < 1.29 is 14.3 Å². The summed E-state index contributed by atoms with van der Waals surface area (Å²) in [6.45, 7) is 4.09. The maximum atomic E-state index is 11.7. The molecule has 0 aliphatic heterocycles. The van der Waals surface area contributed by atoms with E-state index in [9.17, 15) is 4.79 Å². The van der Waals surface area contributed by atoms with E-state index >= 15 is 0 Å². The lowest BCUT2D eigenvalue weighted by Gasteiger charge is -2.29. The fraction of sp³-hybridized carbons (Fsp3) is 0.562. The van der Waals surface area contributed by atoms with Crippen molar-refractivity contribution in [2.75, 3.05) is 12.8 Å². The van der Waals surface area contributed by atoms with E-state index in [0.717, 1.165) is 12.0 Å². The van der Waals surface area contributed by atoms with Crippen LogP contribution in [0.25, 0.3) is 0 Å². The topological polar surface area (TPSA) is 61.5 Å². The number of aryl methyl sites for hydroxylation is 1. The average Bonchev–Trinajstić information content (AvgIpc) is 2.44. The number of carbonyl (C=O) groups excluding carboxylic acids is 1. The Morgan fingerprint density at radius 1 is 1.30 bits per heavy atom. The number of nitrogens with two attached hydrogens (primary N) is 1. The molecule has 4 heteroatoms. The van der Waals surface area contributed by atoms with Crippen LogP contribution in [-0.2, 0) is 4.74 Å². The molecule has 110 valence electrons. The van der Waals surface area contributed by atoms with Crippen LogP contribution in [0.15, 0.2) is 12.1 Å². The Morgan fingerprint density at radius 3 is 2.65 bits per heavy atom. The highest BCUT2D eigenvalue weighted by atomic mass is 16.5. The van der Waals surface area contributed by atoms with Crippen LogP contribution in [0.1, 0.15) is 48.5 Å². The maximum absolute atomic E-state index is 11.7. The Bertz CT molecular complexity index is 499. The van der Waals surface area contributed by atoms with Gasteiger partial charge >= 0.3 is 5.97 Å². The van der Waals surface area contributed by atoms with Crippen LogP contribution in [0, 0.1) is 12.8 Å². The second-order valence-corrected chi connectivity index (χ2v) is 5.61. The molecule has 1 saturated carbocycles. The van der Waals surface area contributed by atoms with E-state index in [1.54, 1.807) is 6.07 Å². The average molecular weight is 277 g/mol. The van der Waals surface area contributed by atoms with Gasteiger partial charge in [0.25, 0.3) is 0 Å². The van der Waals surface area contributed by atoms with E-state index in [0.29, 0.717) is 22.9 Å². The van der Waals surface area contributed by atoms with Gasteiger partial charge in [-0.15, -0.1) is 0 Å². The standard InChI is InChI=1S/C16H23NO3/c1-10-6-4-5-7-14(10)20-12-8-11(2)15(17)13(9-12)16(18)19-3/h8-10,14H,4-7,17H2,1-3H3. The molecule has 0 aromatic heterocycles. The molecule has 1 aromatic carbocycles. The Balaban J connectivity index is 2.23. The number of hydrogen-bond donors (Lipinski definition) is 1. The van der Waals surface area contributed by atoms with Gasteiger partial charge in [-0.05, 0) is 49.8 Å². The highest BCUT2D eigenvalue weighted by Gasteiger charge is 2.24. The van der Waals surface area contributed by atoms with Gasteiger partial charge in [0.15, 0.2) is 0 Å². The third-order valence-electron chi connectivity index (χ3n) is 4.09. The number of nitrogen functional groups attached to an aromatic ring is 1. The summed E-state index contributed by atoms with van der Waals surface area (Å²) in [4.78, 5) is 11.7. The molecule has 1 aliphatic carbocycles. The molecule has 0 amide bonds. The third-order valence-corrected chi connectivity index (χ3v) is 4.09. The van der Waals surface area contributed by atoms with Crippen molar-refractivity contribution in [3.05, 3.63) is 23.3 Å². The minimum absolute atomic E-state index is 0.220. The van der Waals surface area contributed by atoms with E-state index in [1.807, 2.05) is 13.0 Å². The summed E-state index contributed by atoms with van der Waals surface area (Å²) in [7, 11) is 1.36. The Kier molecular flexibility index (Phi) is 4.53. The quantitative estimate of drug-likeness (QED) is 0.680. The summed E-state index contributed by atoms with van der Waals surface area (Å²) in [5.74, 6) is 0.826. The lowest BCUT2D eigenvalue weighted by molar-refractivity contribution is 0.0599. The fourth-order valence-electron chi connectivity index (χ4n) is 2.74. The smallest absolute Gasteiger partial charge is 0.340 e. The molecule has 0 saturated heterocycles. The molecular formula is C16H23NO3. The molecule has 2 rings (SSSR count). The predicted molar refractivity (Wildman–Crippen MR) is 79.0 cm³/mol. The normalized spacial score (nSPS) is 22.4. The zero-order valence-corrected chi connectivity index (χ0v) is 12.4. The second kappa shape index (κ2) is 6.16. The van der Waals surface area contributed by atoms with E-state index in [2.05, 4.69) is 6.92 Å². The number of ether oxygens (including phenoxy) is 2. The predicted octanol–water partition coefficient (Wildman–Crippen LogP) is 3.32. The van der Waals surface area contributed by atoms with E-state index < -0.39 is 5.97 Å². The Morgan fingerprint density at radius 2 is 2.00 bits per heavy atom. The first-order chi connectivity index (χ1) is 9.52. The number of hydrogen-bond acceptors (Lipinski definition) is 4. The SMILES string of the molecule is COC(=O)c1cc(OC2CCCCC2C)cc(C)c1N. The van der Waals surface area contributed by atoms with E-state index in [4.69, 9.17) is 15.2 Å². The van der Waals surface area contributed by atoms with Crippen molar-refractivity contribution in [1.82, 2.24) is 0 Å². The van der Waals surface area contributed by atoms with Crippen molar-refractivity contribution in [3.63, 3.8) is 0 Å². The van der Waals surface area contributed by atoms with Crippen molar-refractivity contribution in [3.8, 4) is 5.75 Å². The zero-order valence-electron chi connectivity index (χ0n) is 12.4. The van der Waals surface area contributed by atoms with Crippen LogP contribution in [0.5, 0.6) is 5.75 Å². The summed E-state index contributed by atoms with van der Waals surface area (Å²) >= 11 is 0. The van der Waals surface area contributed by atoms with Gasteiger partial charge in [-0.3, -0.25) is 0 Å². The van der Waals surface area contributed by atoms with Crippen molar-refractivity contribution in [2.45, 2.75) is 45.6 Å². The molecule has 2 N–H and O–H groups in total. The monoisotopic (exact) mass is 277 g/mol. The van der Waals surface area contributed by atoms with Crippen LogP contribution < -0.4 is 10.5 Å². The first-order valence-electron chi connectivity index (χ1n) is 7.18. The van der Waals surface area contributed by atoms with Crippen molar-refractivity contribution in [1.29, 1.82) is 0 Å².